The van der Waals surface area contributed by atoms with Gasteiger partial charge in [-0.25, -0.2) is 0 Å². The van der Waals surface area contributed by atoms with Gasteiger partial charge >= 0.3 is 0 Å². The van der Waals surface area contributed by atoms with Crippen LogP contribution in [0.15, 0.2) is 18.2 Å². The van der Waals surface area contributed by atoms with Crippen LogP contribution in [0.3, 0.4) is 0 Å². The molecule has 0 bridgehead atoms. The first-order valence-electron chi connectivity index (χ1n) is 8.55. The van der Waals surface area contributed by atoms with E-state index in [1.165, 1.54) is 0 Å². The molecular weight excluding hydrogens is 292 g/mol. The maximum absolute atomic E-state index is 12.1. The van der Waals surface area contributed by atoms with E-state index in [1.54, 1.807) is 0 Å². The van der Waals surface area contributed by atoms with Gasteiger partial charge in [0.1, 0.15) is 11.9 Å². The Morgan fingerprint density at radius 2 is 2.35 bits per heavy atom. The molecule has 2 N–H and O–H groups in total. The third kappa shape index (κ3) is 4.69. The lowest BCUT2D eigenvalue weighted by Crippen LogP contribution is -2.31. The van der Waals surface area contributed by atoms with Crippen LogP contribution in [0.25, 0.3) is 0 Å². The first kappa shape index (κ1) is 16.3. The van der Waals surface area contributed by atoms with E-state index >= 15 is 0 Å². The quantitative estimate of drug-likeness (QED) is 0.841. The molecule has 2 heterocycles. The molecule has 2 atom stereocenters. The summed E-state index contributed by atoms with van der Waals surface area (Å²) in [5.41, 5.74) is 2.18. The van der Waals surface area contributed by atoms with Crippen molar-refractivity contribution in [3.63, 3.8) is 0 Å². The molecule has 1 aromatic carbocycles. The van der Waals surface area contributed by atoms with Gasteiger partial charge in [0.25, 0.3) is 0 Å². The molecular formula is C18H26N2O3. The van der Waals surface area contributed by atoms with Crippen molar-refractivity contribution in [1.82, 2.24) is 10.6 Å². The van der Waals surface area contributed by atoms with Crippen LogP contribution in [0.1, 0.15) is 36.8 Å². The van der Waals surface area contributed by atoms with E-state index in [-0.39, 0.29) is 12.0 Å². The van der Waals surface area contributed by atoms with Crippen LogP contribution < -0.4 is 15.4 Å². The van der Waals surface area contributed by atoms with Crippen LogP contribution in [-0.4, -0.2) is 37.8 Å². The van der Waals surface area contributed by atoms with Crippen molar-refractivity contribution in [3.8, 4) is 5.75 Å². The summed E-state index contributed by atoms with van der Waals surface area (Å²) >= 11 is 0. The number of ether oxygens (including phenoxy) is 2. The van der Waals surface area contributed by atoms with E-state index < -0.39 is 0 Å². The molecule has 1 aromatic rings. The molecule has 2 unspecified atom stereocenters. The van der Waals surface area contributed by atoms with Gasteiger partial charge in [-0.2, -0.15) is 0 Å². The van der Waals surface area contributed by atoms with Crippen molar-refractivity contribution in [3.05, 3.63) is 29.3 Å². The normalized spacial score (nSPS) is 23.9. The summed E-state index contributed by atoms with van der Waals surface area (Å²) in [6.07, 6.45) is 3.85. The molecule has 23 heavy (non-hydrogen) atoms. The van der Waals surface area contributed by atoms with Gasteiger partial charge in [-0.1, -0.05) is 12.1 Å². The lowest BCUT2D eigenvalue weighted by molar-refractivity contribution is -0.121. The first-order chi connectivity index (χ1) is 11.2. The highest BCUT2D eigenvalue weighted by Gasteiger charge is 2.20. The monoisotopic (exact) mass is 318 g/mol. The van der Waals surface area contributed by atoms with Crippen molar-refractivity contribution in [2.45, 2.75) is 51.3 Å². The van der Waals surface area contributed by atoms with Crippen LogP contribution in [0, 0.1) is 6.92 Å². The van der Waals surface area contributed by atoms with Crippen LogP contribution in [0.5, 0.6) is 5.75 Å². The molecule has 5 heteroatoms. The van der Waals surface area contributed by atoms with E-state index in [2.05, 4.69) is 16.7 Å². The molecule has 1 amide bonds. The van der Waals surface area contributed by atoms with Gasteiger partial charge in [0, 0.05) is 31.0 Å². The number of carbonyl (C=O) groups is 1. The molecule has 0 saturated carbocycles. The fourth-order valence-corrected chi connectivity index (χ4v) is 3.12. The standard InChI is InChI=1S/C18H26N2O3/c1-13-4-5-14(17(9-13)23-16-6-8-22-12-16)11-20-18(21)10-15-3-2-7-19-15/h4-5,9,15-16,19H,2-3,6-8,10-12H2,1H3,(H,20,21). The zero-order valence-corrected chi connectivity index (χ0v) is 13.8. The highest BCUT2D eigenvalue weighted by atomic mass is 16.5. The Labute approximate surface area is 137 Å². The van der Waals surface area contributed by atoms with Crippen molar-refractivity contribution in [1.29, 1.82) is 0 Å². The second kappa shape index (κ2) is 7.79. The van der Waals surface area contributed by atoms with Gasteiger partial charge < -0.3 is 20.1 Å². The second-order valence-electron chi connectivity index (χ2n) is 6.49. The number of aryl methyl sites for hydroxylation is 1. The maximum Gasteiger partial charge on any atom is 0.221 e. The molecule has 2 saturated heterocycles. The van der Waals surface area contributed by atoms with E-state index in [1.807, 2.05) is 19.1 Å². The molecule has 2 aliphatic rings. The van der Waals surface area contributed by atoms with Gasteiger partial charge in [-0.05, 0) is 37.9 Å². The van der Waals surface area contributed by atoms with E-state index in [0.29, 0.717) is 25.6 Å². The number of hydrogen-bond acceptors (Lipinski definition) is 4. The Bertz CT molecular complexity index is 535. The predicted molar refractivity (Wildman–Crippen MR) is 88.5 cm³/mol. The van der Waals surface area contributed by atoms with Crippen LogP contribution >= 0.6 is 0 Å². The second-order valence-corrected chi connectivity index (χ2v) is 6.49. The number of nitrogens with one attached hydrogen (secondary N) is 2. The zero-order chi connectivity index (χ0) is 16.1. The highest BCUT2D eigenvalue weighted by Crippen LogP contribution is 2.24. The van der Waals surface area contributed by atoms with Crippen LogP contribution in [0.2, 0.25) is 0 Å². The summed E-state index contributed by atoms with van der Waals surface area (Å²) in [7, 11) is 0. The molecule has 0 spiro atoms. The molecule has 3 rings (SSSR count). The first-order valence-corrected chi connectivity index (χ1v) is 8.55. The Hall–Kier alpha value is -1.59. The van der Waals surface area contributed by atoms with Gasteiger partial charge in [0.05, 0.1) is 13.2 Å². The van der Waals surface area contributed by atoms with Crippen LogP contribution in [-0.2, 0) is 16.1 Å². The Morgan fingerprint density at radius 3 is 3.09 bits per heavy atom. The third-order valence-corrected chi connectivity index (χ3v) is 4.47. The minimum absolute atomic E-state index is 0.0973. The summed E-state index contributed by atoms with van der Waals surface area (Å²) < 4.78 is 11.4. The average Bonchev–Trinajstić information content (AvgIpc) is 3.20. The number of benzene rings is 1. The lowest BCUT2D eigenvalue weighted by Gasteiger charge is -2.17. The number of amides is 1. The fraction of sp³-hybridized carbons (Fsp3) is 0.611. The Morgan fingerprint density at radius 1 is 1.43 bits per heavy atom. The summed E-state index contributed by atoms with van der Waals surface area (Å²) in [6.45, 7) is 4.99. The molecule has 0 radical (unpaired) electrons. The van der Waals surface area contributed by atoms with E-state index in [0.717, 1.165) is 49.3 Å². The van der Waals surface area contributed by atoms with Gasteiger partial charge in [0.2, 0.25) is 5.91 Å². The maximum atomic E-state index is 12.1. The number of rotatable bonds is 6. The van der Waals surface area contributed by atoms with Gasteiger partial charge in [-0.15, -0.1) is 0 Å². The molecule has 0 aromatic heterocycles. The topological polar surface area (TPSA) is 59.6 Å². The minimum Gasteiger partial charge on any atom is -0.488 e. The number of carbonyl (C=O) groups excluding carboxylic acids is 1. The highest BCUT2D eigenvalue weighted by molar-refractivity contribution is 5.76. The smallest absolute Gasteiger partial charge is 0.221 e. The molecule has 0 aliphatic carbocycles. The SMILES string of the molecule is Cc1ccc(CNC(=O)CC2CCCN2)c(OC2CCOC2)c1. The number of hydrogen-bond donors (Lipinski definition) is 2. The molecule has 2 aliphatic heterocycles. The third-order valence-electron chi connectivity index (χ3n) is 4.47. The van der Waals surface area contributed by atoms with Gasteiger partial charge in [0.15, 0.2) is 0 Å². The zero-order valence-electron chi connectivity index (χ0n) is 13.8. The molecule has 2 fully saturated rings. The fourth-order valence-electron chi connectivity index (χ4n) is 3.12. The molecule has 5 nitrogen and oxygen atoms in total. The summed E-state index contributed by atoms with van der Waals surface area (Å²) in [6, 6.07) is 6.46. The van der Waals surface area contributed by atoms with Gasteiger partial charge in [-0.3, -0.25) is 4.79 Å². The summed E-state index contributed by atoms with van der Waals surface area (Å²) in [5.74, 6) is 0.958. The lowest BCUT2D eigenvalue weighted by atomic mass is 10.1. The summed E-state index contributed by atoms with van der Waals surface area (Å²) in [4.78, 5) is 12.1. The predicted octanol–water partition coefficient (Wildman–Crippen LogP) is 1.92. The van der Waals surface area contributed by atoms with E-state index in [4.69, 9.17) is 9.47 Å². The van der Waals surface area contributed by atoms with Crippen molar-refractivity contribution in [2.75, 3.05) is 19.8 Å². The van der Waals surface area contributed by atoms with Crippen molar-refractivity contribution >= 4 is 5.91 Å². The van der Waals surface area contributed by atoms with Crippen LogP contribution in [0.4, 0.5) is 0 Å². The summed E-state index contributed by atoms with van der Waals surface area (Å²) in [5, 5.41) is 6.37. The van der Waals surface area contributed by atoms with Crippen molar-refractivity contribution in [2.24, 2.45) is 0 Å². The van der Waals surface area contributed by atoms with E-state index in [9.17, 15) is 4.79 Å². The Balaban J connectivity index is 1.56. The minimum atomic E-state index is 0.0973. The largest absolute Gasteiger partial charge is 0.488 e. The molecule has 126 valence electrons. The average molecular weight is 318 g/mol. The Kier molecular flexibility index (Phi) is 5.51. The van der Waals surface area contributed by atoms with Crippen molar-refractivity contribution < 1.29 is 14.3 Å².